The van der Waals surface area contributed by atoms with Crippen LogP contribution in [0.5, 0.6) is 11.5 Å². The van der Waals surface area contributed by atoms with E-state index in [-0.39, 0.29) is 23.5 Å². The largest absolute Gasteiger partial charge is 0.497 e. The van der Waals surface area contributed by atoms with Crippen LogP contribution >= 0.6 is 15.9 Å². The lowest BCUT2D eigenvalue weighted by atomic mass is 9.98. The molecule has 0 unspecified atom stereocenters. The van der Waals surface area contributed by atoms with E-state index < -0.39 is 11.7 Å². The van der Waals surface area contributed by atoms with E-state index in [1.54, 1.807) is 14.2 Å². The van der Waals surface area contributed by atoms with Gasteiger partial charge in [-0.05, 0) is 70.8 Å². The van der Waals surface area contributed by atoms with Gasteiger partial charge in [-0.25, -0.2) is 0 Å². The van der Waals surface area contributed by atoms with Gasteiger partial charge in [0, 0.05) is 29.7 Å². The first-order valence-electron chi connectivity index (χ1n) is 13.8. The van der Waals surface area contributed by atoms with Gasteiger partial charge in [0.15, 0.2) is 0 Å². The number of aromatic nitrogens is 4. The first-order chi connectivity index (χ1) is 21.1. The average Bonchev–Trinajstić information content (AvgIpc) is 3.46. The normalized spacial score (nSPS) is 11.6. The highest BCUT2D eigenvalue weighted by molar-refractivity contribution is 9.10. The first kappa shape index (κ1) is 31.2. The fourth-order valence-corrected chi connectivity index (χ4v) is 5.48. The van der Waals surface area contributed by atoms with Gasteiger partial charge in [-0.15, -0.1) is 10.2 Å². The molecular weight excluding hydrogens is 635 g/mol. The average molecular weight is 667 g/mol. The van der Waals surface area contributed by atoms with Gasteiger partial charge in [0.25, 0.3) is 0 Å². The second-order valence-corrected chi connectivity index (χ2v) is 11.3. The lowest BCUT2D eigenvalue weighted by Crippen LogP contribution is -2.25. The zero-order valence-corrected chi connectivity index (χ0v) is 26.1. The van der Waals surface area contributed by atoms with Gasteiger partial charge in [0.2, 0.25) is 5.82 Å². The Morgan fingerprint density at radius 1 is 0.750 bits per heavy atom. The Kier molecular flexibility index (Phi) is 9.65. The molecule has 0 N–H and O–H groups in total. The quantitative estimate of drug-likeness (QED) is 0.144. The van der Waals surface area contributed by atoms with Crippen LogP contribution in [-0.2, 0) is 32.4 Å². The number of ether oxygens (including phenoxy) is 2. The summed E-state index contributed by atoms with van der Waals surface area (Å²) in [5.74, 6) is 1.51. The molecule has 11 heteroatoms. The number of nitrogens with zero attached hydrogens (tertiary/aromatic N) is 5. The van der Waals surface area contributed by atoms with Crippen LogP contribution in [0.25, 0.3) is 11.4 Å². The standard InChI is InChI=1S/C33H31BrF3N5O2/c1-22-4-6-25(7-5-22)20-42-39-32(38-40-42)31-28(29(33(35,36)37)16-17-30(31)34)21-41(18-23-8-12-26(43-2)13-9-23)19-24-10-14-27(44-3)15-11-24/h4-17H,18-21H2,1-3H3. The third-order valence-corrected chi connectivity index (χ3v) is 7.86. The summed E-state index contributed by atoms with van der Waals surface area (Å²) >= 11 is 3.49. The van der Waals surface area contributed by atoms with Crippen molar-refractivity contribution in [1.29, 1.82) is 0 Å². The van der Waals surface area contributed by atoms with E-state index in [9.17, 15) is 13.2 Å². The van der Waals surface area contributed by atoms with Crippen molar-refractivity contribution >= 4 is 15.9 Å². The summed E-state index contributed by atoms with van der Waals surface area (Å²) in [7, 11) is 3.17. The molecule has 0 radical (unpaired) electrons. The number of halogens is 4. The number of aryl methyl sites for hydroxylation is 1. The van der Waals surface area contributed by atoms with Crippen LogP contribution in [0.2, 0.25) is 0 Å². The summed E-state index contributed by atoms with van der Waals surface area (Å²) in [6, 6.07) is 25.3. The molecular formula is C33H31BrF3N5O2. The molecule has 0 bridgehead atoms. The Bertz CT molecular complexity index is 1640. The van der Waals surface area contributed by atoms with Gasteiger partial charge in [0.1, 0.15) is 11.5 Å². The number of hydrogen-bond acceptors (Lipinski definition) is 6. The molecule has 4 aromatic carbocycles. The molecule has 0 spiro atoms. The first-order valence-corrected chi connectivity index (χ1v) is 14.6. The number of hydrogen-bond donors (Lipinski definition) is 0. The predicted octanol–water partition coefficient (Wildman–Crippen LogP) is 7.70. The SMILES string of the molecule is COc1ccc(CN(Cc2ccc(OC)cc2)Cc2c(C(F)(F)F)ccc(Br)c2-c2nnn(Cc3ccc(C)cc3)n2)cc1. The molecule has 0 atom stereocenters. The van der Waals surface area contributed by atoms with Crippen molar-refractivity contribution in [1.82, 2.24) is 25.1 Å². The molecule has 0 saturated carbocycles. The lowest BCUT2D eigenvalue weighted by Gasteiger charge is -2.26. The van der Waals surface area contributed by atoms with Crippen LogP contribution in [-0.4, -0.2) is 39.3 Å². The summed E-state index contributed by atoms with van der Waals surface area (Å²) < 4.78 is 54.7. The summed E-state index contributed by atoms with van der Waals surface area (Å²) in [5.41, 5.74) is 3.48. The molecule has 1 heterocycles. The van der Waals surface area contributed by atoms with Crippen molar-refractivity contribution in [3.05, 3.63) is 123 Å². The molecule has 5 aromatic rings. The molecule has 0 aliphatic carbocycles. The van der Waals surface area contributed by atoms with Crippen LogP contribution in [0.15, 0.2) is 89.4 Å². The fourth-order valence-electron chi connectivity index (χ4n) is 4.93. The van der Waals surface area contributed by atoms with E-state index in [4.69, 9.17) is 9.47 Å². The summed E-state index contributed by atoms with van der Waals surface area (Å²) in [4.78, 5) is 3.35. The van der Waals surface area contributed by atoms with Crippen molar-refractivity contribution in [3.63, 3.8) is 0 Å². The van der Waals surface area contributed by atoms with E-state index in [0.29, 0.717) is 35.6 Å². The Hall–Kier alpha value is -4.22. The van der Waals surface area contributed by atoms with Crippen molar-refractivity contribution in [2.75, 3.05) is 14.2 Å². The predicted molar refractivity (Wildman–Crippen MR) is 165 cm³/mol. The second-order valence-electron chi connectivity index (χ2n) is 10.4. The van der Waals surface area contributed by atoms with Crippen LogP contribution < -0.4 is 9.47 Å². The van der Waals surface area contributed by atoms with Crippen LogP contribution in [0.1, 0.15) is 33.4 Å². The third kappa shape index (κ3) is 7.64. The van der Waals surface area contributed by atoms with E-state index in [1.165, 1.54) is 10.9 Å². The number of benzene rings is 4. The van der Waals surface area contributed by atoms with Crippen LogP contribution in [0.3, 0.4) is 0 Å². The molecule has 0 aliphatic heterocycles. The van der Waals surface area contributed by atoms with Crippen molar-refractivity contribution < 1.29 is 22.6 Å². The maximum Gasteiger partial charge on any atom is 0.416 e. The van der Waals surface area contributed by atoms with Gasteiger partial charge >= 0.3 is 6.18 Å². The number of rotatable bonds is 11. The minimum atomic E-state index is -4.60. The molecule has 0 fully saturated rings. The molecule has 5 rings (SSSR count). The fraction of sp³-hybridized carbons (Fsp3) is 0.242. The highest BCUT2D eigenvalue weighted by Gasteiger charge is 2.36. The molecule has 0 saturated heterocycles. The topological polar surface area (TPSA) is 65.3 Å². The monoisotopic (exact) mass is 665 g/mol. The molecule has 44 heavy (non-hydrogen) atoms. The van der Waals surface area contributed by atoms with Gasteiger partial charge < -0.3 is 9.47 Å². The molecule has 228 valence electrons. The van der Waals surface area contributed by atoms with Crippen LogP contribution in [0.4, 0.5) is 13.2 Å². The Balaban J connectivity index is 1.54. The van der Waals surface area contributed by atoms with Gasteiger partial charge in [-0.1, -0.05) is 70.0 Å². The van der Waals surface area contributed by atoms with E-state index >= 15 is 0 Å². The Labute approximate surface area is 262 Å². The van der Waals surface area contributed by atoms with Gasteiger partial charge in [0.05, 0.1) is 26.3 Å². The van der Waals surface area contributed by atoms with E-state index in [0.717, 1.165) is 28.3 Å². The maximum absolute atomic E-state index is 14.5. The Morgan fingerprint density at radius 2 is 1.30 bits per heavy atom. The molecule has 0 aliphatic rings. The van der Waals surface area contributed by atoms with Crippen molar-refractivity contribution in [3.8, 4) is 22.9 Å². The summed E-state index contributed by atoms with van der Waals surface area (Å²) in [5, 5.41) is 12.9. The number of tetrazole rings is 1. The van der Waals surface area contributed by atoms with Crippen molar-refractivity contribution in [2.45, 2.75) is 39.3 Å². The van der Waals surface area contributed by atoms with E-state index in [1.807, 2.05) is 84.6 Å². The van der Waals surface area contributed by atoms with Gasteiger partial charge in [-0.3, -0.25) is 4.90 Å². The molecule has 1 aromatic heterocycles. The Morgan fingerprint density at radius 3 is 1.82 bits per heavy atom. The second kappa shape index (κ2) is 13.6. The number of alkyl halides is 3. The summed E-state index contributed by atoms with van der Waals surface area (Å²) in [6.07, 6.45) is -4.60. The molecule has 7 nitrogen and oxygen atoms in total. The minimum absolute atomic E-state index is 0.0336. The zero-order chi connectivity index (χ0) is 31.3. The van der Waals surface area contributed by atoms with Gasteiger partial charge in [-0.2, -0.15) is 18.0 Å². The highest BCUT2D eigenvalue weighted by atomic mass is 79.9. The lowest BCUT2D eigenvalue weighted by molar-refractivity contribution is -0.138. The molecule has 0 amide bonds. The van der Waals surface area contributed by atoms with Crippen LogP contribution in [0, 0.1) is 6.92 Å². The summed E-state index contributed by atoms with van der Waals surface area (Å²) in [6.45, 7) is 3.06. The highest BCUT2D eigenvalue weighted by Crippen LogP contribution is 2.40. The third-order valence-electron chi connectivity index (χ3n) is 7.20. The number of methoxy groups -OCH3 is 2. The maximum atomic E-state index is 14.5. The van der Waals surface area contributed by atoms with E-state index in [2.05, 4.69) is 31.3 Å². The minimum Gasteiger partial charge on any atom is -0.497 e. The zero-order valence-electron chi connectivity index (χ0n) is 24.5. The smallest absolute Gasteiger partial charge is 0.416 e. The van der Waals surface area contributed by atoms with Crippen molar-refractivity contribution in [2.24, 2.45) is 0 Å².